The minimum atomic E-state index is 0.298. The van der Waals surface area contributed by atoms with Crippen molar-refractivity contribution in [1.82, 2.24) is 5.32 Å². The lowest BCUT2D eigenvalue weighted by Crippen LogP contribution is -2.27. The van der Waals surface area contributed by atoms with Gasteiger partial charge in [0.25, 0.3) is 0 Å². The van der Waals surface area contributed by atoms with Gasteiger partial charge in [-0.05, 0) is 6.08 Å². The predicted molar refractivity (Wildman–Crippen MR) is 44.1 cm³/mol. The summed E-state index contributed by atoms with van der Waals surface area (Å²) in [5.41, 5.74) is 0.969. The van der Waals surface area contributed by atoms with Crippen LogP contribution in [0.15, 0.2) is 23.8 Å². The lowest BCUT2D eigenvalue weighted by Gasteiger charge is -2.17. The van der Waals surface area contributed by atoms with Crippen LogP contribution in [0.2, 0.25) is 0 Å². The smallest absolute Gasteiger partial charge is 0.140 e. The molecule has 2 rings (SSSR count). The van der Waals surface area contributed by atoms with Crippen LogP contribution in [0.3, 0.4) is 0 Å². The third-order valence-corrected chi connectivity index (χ3v) is 2.06. The van der Waals surface area contributed by atoms with Crippen molar-refractivity contribution in [3.05, 3.63) is 23.8 Å². The van der Waals surface area contributed by atoms with E-state index in [1.807, 2.05) is 6.08 Å². The highest BCUT2D eigenvalue weighted by Crippen LogP contribution is 2.20. The number of ether oxygens (including phenoxy) is 1. The maximum Gasteiger partial charge on any atom is 0.140 e. The van der Waals surface area contributed by atoms with Gasteiger partial charge in [-0.25, -0.2) is 0 Å². The molecule has 64 valence electrons. The molecule has 2 aliphatic heterocycles. The van der Waals surface area contributed by atoms with Crippen LogP contribution in [-0.2, 0) is 9.53 Å². The van der Waals surface area contributed by atoms with Crippen molar-refractivity contribution in [2.45, 2.75) is 19.3 Å². The van der Waals surface area contributed by atoms with Gasteiger partial charge in [0.2, 0.25) is 0 Å². The van der Waals surface area contributed by atoms with Crippen molar-refractivity contribution in [3.8, 4) is 0 Å². The topological polar surface area (TPSA) is 38.3 Å². The summed E-state index contributed by atoms with van der Waals surface area (Å²) in [5.74, 6) is 1.20. The predicted octanol–water partition coefficient (Wildman–Crippen LogP) is 1.08. The molecule has 0 bridgehead atoms. The zero-order chi connectivity index (χ0) is 8.39. The summed E-state index contributed by atoms with van der Waals surface area (Å²) in [6.07, 6.45) is 5.59. The molecule has 2 aliphatic rings. The van der Waals surface area contributed by atoms with Crippen LogP contribution in [0, 0.1) is 0 Å². The van der Waals surface area contributed by atoms with Gasteiger partial charge in [0, 0.05) is 25.8 Å². The van der Waals surface area contributed by atoms with Gasteiger partial charge in [0.15, 0.2) is 0 Å². The molecular formula is C9H11NO2. The lowest BCUT2D eigenvalue weighted by molar-refractivity contribution is -0.119. The molecule has 0 amide bonds. The molecule has 12 heavy (non-hydrogen) atoms. The molecule has 0 saturated carbocycles. The molecule has 1 N–H and O–H groups in total. The highest BCUT2D eigenvalue weighted by molar-refractivity contribution is 5.82. The first-order valence-corrected chi connectivity index (χ1v) is 4.15. The summed E-state index contributed by atoms with van der Waals surface area (Å²) in [7, 11) is 0. The van der Waals surface area contributed by atoms with Gasteiger partial charge in [0.1, 0.15) is 11.5 Å². The first kappa shape index (κ1) is 7.40. The molecule has 3 heteroatoms. The van der Waals surface area contributed by atoms with Crippen LogP contribution in [0.5, 0.6) is 0 Å². The zero-order valence-electron chi connectivity index (χ0n) is 6.80. The molecule has 0 aliphatic carbocycles. The Balaban J connectivity index is 2.11. The Morgan fingerprint density at radius 2 is 2.42 bits per heavy atom. The summed E-state index contributed by atoms with van der Waals surface area (Å²) in [6.45, 7) is 0.751. The van der Waals surface area contributed by atoms with Gasteiger partial charge < -0.3 is 10.1 Å². The van der Waals surface area contributed by atoms with Crippen LogP contribution in [-0.4, -0.2) is 12.3 Å². The number of allylic oxidation sites excluding steroid dienone is 2. The van der Waals surface area contributed by atoms with Crippen molar-refractivity contribution in [2.24, 2.45) is 0 Å². The van der Waals surface area contributed by atoms with Gasteiger partial charge in [-0.2, -0.15) is 0 Å². The molecule has 1 fully saturated rings. The van der Waals surface area contributed by atoms with Gasteiger partial charge in [0.05, 0.1) is 12.0 Å². The number of hydrogen-bond acceptors (Lipinski definition) is 3. The van der Waals surface area contributed by atoms with E-state index in [2.05, 4.69) is 5.32 Å². The molecule has 1 saturated heterocycles. The van der Waals surface area contributed by atoms with E-state index < -0.39 is 0 Å². The molecule has 0 aromatic heterocycles. The quantitative estimate of drug-likeness (QED) is 0.583. The monoisotopic (exact) mass is 165 g/mol. The van der Waals surface area contributed by atoms with Crippen LogP contribution in [0.4, 0.5) is 0 Å². The van der Waals surface area contributed by atoms with Crippen LogP contribution in [0.25, 0.3) is 0 Å². The molecular weight excluding hydrogens is 154 g/mol. The first-order chi connectivity index (χ1) is 5.86. The number of carbonyl (C=O) groups excluding carboxylic acids is 1. The second-order valence-corrected chi connectivity index (χ2v) is 2.99. The highest BCUT2D eigenvalue weighted by Gasteiger charge is 2.17. The number of nitrogens with one attached hydrogen (secondary N) is 1. The summed E-state index contributed by atoms with van der Waals surface area (Å²) in [6, 6.07) is 0. The summed E-state index contributed by atoms with van der Waals surface area (Å²) in [4.78, 5) is 11.1. The number of rotatable bonds is 0. The molecule has 0 aromatic rings. The summed E-state index contributed by atoms with van der Waals surface area (Å²) >= 11 is 0. The molecule has 0 spiro atoms. The average molecular weight is 165 g/mol. The zero-order valence-corrected chi connectivity index (χ0v) is 6.80. The van der Waals surface area contributed by atoms with Gasteiger partial charge in [-0.15, -0.1) is 0 Å². The van der Waals surface area contributed by atoms with E-state index in [-0.39, 0.29) is 0 Å². The van der Waals surface area contributed by atoms with E-state index in [9.17, 15) is 4.79 Å². The van der Waals surface area contributed by atoms with Gasteiger partial charge in [-0.3, -0.25) is 4.79 Å². The van der Waals surface area contributed by atoms with Crippen molar-refractivity contribution >= 4 is 5.78 Å². The molecule has 0 atom stereocenters. The molecule has 2 heterocycles. The number of piperidine rings is 1. The summed E-state index contributed by atoms with van der Waals surface area (Å²) < 4.78 is 5.23. The Labute approximate surface area is 71.1 Å². The van der Waals surface area contributed by atoms with E-state index in [0.29, 0.717) is 18.6 Å². The van der Waals surface area contributed by atoms with E-state index >= 15 is 0 Å². The highest BCUT2D eigenvalue weighted by atomic mass is 16.5. The van der Waals surface area contributed by atoms with Gasteiger partial charge >= 0.3 is 0 Å². The molecule has 0 unspecified atom stereocenters. The fraction of sp³-hybridized carbons (Fsp3) is 0.444. The van der Waals surface area contributed by atoms with Gasteiger partial charge in [-0.1, -0.05) is 0 Å². The van der Waals surface area contributed by atoms with Crippen LogP contribution in [0.1, 0.15) is 19.3 Å². The van der Waals surface area contributed by atoms with Crippen molar-refractivity contribution < 1.29 is 9.53 Å². The number of hydrogen-bond donors (Lipinski definition) is 1. The third-order valence-electron chi connectivity index (χ3n) is 2.06. The fourth-order valence-corrected chi connectivity index (χ4v) is 1.43. The Kier molecular flexibility index (Phi) is 1.86. The maximum atomic E-state index is 11.1. The van der Waals surface area contributed by atoms with Crippen molar-refractivity contribution in [1.29, 1.82) is 0 Å². The average Bonchev–Trinajstić information content (AvgIpc) is 2.56. The molecule has 0 radical (unpaired) electrons. The second-order valence-electron chi connectivity index (χ2n) is 2.99. The fourth-order valence-electron chi connectivity index (χ4n) is 1.43. The van der Waals surface area contributed by atoms with E-state index in [1.165, 1.54) is 0 Å². The normalized spacial score (nSPS) is 28.5. The van der Waals surface area contributed by atoms with E-state index in [1.54, 1.807) is 6.26 Å². The van der Waals surface area contributed by atoms with Crippen molar-refractivity contribution in [2.75, 3.05) is 6.54 Å². The Morgan fingerprint density at radius 1 is 1.50 bits per heavy atom. The molecule has 0 aromatic carbocycles. The summed E-state index contributed by atoms with van der Waals surface area (Å²) in [5, 5.41) is 3.19. The standard InChI is InChI=1S/C9H11NO2/c11-7-3-4-10-8(6-7)9-2-1-5-12-9/h1,5,10H,2-4,6H2. The maximum absolute atomic E-state index is 11.1. The Bertz CT molecular complexity index is 256. The minimum Gasteiger partial charge on any atom is -0.468 e. The Morgan fingerprint density at radius 3 is 3.08 bits per heavy atom. The SMILES string of the molecule is O=C1CCNC(=C2CC=CO2)C1. The largest absolute Gasteiger partial charge is 0.468 e. The van der Waals surface area contributed by atoms with Crippen molar-refractivity contribution in [3.63, 3.8) is 0 Å². The number of carbonyl (C=O) groups is 1. The number of Topliss-reactive ketones (excluding diaryl/α,β-unsaturated/α-hetero) is 1. The third kappa shape index (κ3) is 1.35. The lowest BCUT2D eigenvalue weighted by atomic mass is 10.1. The van der Waals surface area contributed by atoms with E-state index in [4.69, 9.17) is 4.74 Å². The number of ketones is 1. The molecule has 3 nitrogen and oxygen atoms in total. The second kappa shape index (κ2) is 3.01. The first-order valence-electron chi connectivity index (χ1n) is 4.15. The van der Waals surface area contributed by atoms with Crippen LogP contribution >= 0.6 is 0 Å². The van der Waals surface area contributed by atoms with Crippen LogP contribution < -0.4 is 5.32 Å². The minimum absolute atomic E-state index is 0.298. The van der Waals surface area contributed by atoms with E-state index in [0.717, 1.165) is 24.4 Å². The Hall–Kier alpha value is -1.25.